The van der Waals surface area contributed by atoms with Crippen LogP contribution in [-0.2, 0) is 25.2 Å². The summed E-state index contributed by atoms with van der Waals surface area (Å²) in [6, 6.07) is 24.0. The Bertz CT molecular complexity index is 2830. The first-order chi connectivity index (χ1) is 34.2. The van der Waals surface area contributed by atoms with Crippen molar-refractivity contribution in [2.45, 2.75) is 147 Å². The molecular weight excluding hydrogens is 889 g/mol. The molecule has 10 rings (SSSR count). The van der Waals surface area contributed by atoms with Gasteiger partial charge in [-0.05, 0) is 113 Å². The molecule has 3 saturated carbocycles. The molecule has 0 aromatic heterocycles. The molecule has 368 valence electrons. The minimum absolute atomic E-state index is 0.0635. The Kier molecular flexibility index (Phi) is 12.9. The van der Waals surface area contributed by atoms with E-state index < -0.39 is 34.7 Å². The highest BCUT2D eigenvalue weighted by Crippen LogP contribution is 2.53. The number of nitrogens with zero attached hydrogens (tertiary/aromatic N) is 4. The van der Waals surface area contributed by atoms with Gasteiger partial charge in [-0.2, -0.15) is 0 Å². The summed E-state index contributed by atoms with van der Waals surface area (Å²) in [4.78, 5) is 74.9. The molecule has 4 fully saturated rings. The van der Waals surface area contributed by atoms with E-state index in [1.807, 2.05) is 24.3 Å². The Hall–Kier alpha value is -6.75. The number of imide groups is 2. The molecule has 3 N–H and O–H groups in total. The number of rotatable bonds is 10. The van der Waals surface area contributed by atoms with E-state index in [1.54, 1.807) is 4.90 Å². The summed E-state index contributed by atoms with van der Waals surface area (Å²) in [7, 11) is 0. The molecule has 0 atom stereocenters. The maximum atomic E-state index is 15.6. The van der Waals surface area contributed by atoms with E-state index in [1.165, 1.54) is 4.90 Å². The van der Waals surface area contributed by atoms with Gasteiger partial charge in [-0.1, -0.05) is 139 Å². The van der Waals surface area contributed by atoms with Crippen LogP contribution in [0.25, 0.3) is 21.5 Å². The summed E-state index contributed by atoms with van der Waals surface area (Å²) in [5, 5.41) is 24.4. The smallest absolute Gasteiger partial charge is 0.439 e. The van der Waals surface area contributed by atoms with Crippen LogP contribution in [0, 0.1) is 0 Å². The maximum absolute atomic E-state index is 15.6. The van der Waals surface area contributed by atoms with Crippen LogP contribution in [0.5, 0.6) is 0 Å². The van der Waals surface area contributed by atoms with Crippen molar-refractivity contribution in [3.63, 3.8) is 0 Å². The zero-order valence-electron chi connectivity index (χ0n) is 41.7. The molecule has 3 heterocycles. The number of anilines is 2. The number of aliphatic carboxylic acids is 2. The molecule has 0 unspecified atom stereocenters. The van der Waals surface area contributed by atoms with Gasteiger partial charge in [-0.25, -0.2) is 9.69 Å². The summed E-state index contributed by atoms with van der Waals surface area (Å²) in [6.07, 6.45) is 18.9. The van der Waals surface area contributed by atoms with Gasteiger partial charge in [0.15, 0.2) is 5.57 Å². The number of allylic oxidation sites excluding steroid dienone is 9. The van der Waals surface area contributed by atoms with Crippen LogP contribution in [0.4, 0.5) is 16.2 Å². The third kappa shape index (κ3) is 8.48. The van der Waals surface area contributed by atoms with Crippen LogP contribution in [-0.4, -0.2) is 79.8 Å². The number of hydrogen-bond acceptors (Lipinski definition) is 6. The summed E-state index contributed by atoms with van der Waals surface area (Å²) >= 11 is 0. The lowest BCUT2D eigenvalue weighted by Crippen LogP contribution is -2.62. The van der Waals surface area contributed by atoms with Gasteiger partial charge in [-0.3, -0.25) is 24.1 Å². The van der Waals surface area contributed by atoms with Gasteiger partial charge in [0.05, 0.1) is 12.8 Å². The van der Waals surface area contributed by atoms with E-state index in [-0.39, 0.29) is 49.5 Å². The second-order valence-corrected chi connectivity index (χ2v) is 21.5. The fourth-order valence-electron chi connectivity index (χ4n) is 13.1. The summed E-state index contributed by atoms with van der Waals surface area (Å²) in [6.45, 7) is 9.26. The Balaban J connectivity index is 1.18. The number of hydrogen-bond donors (Lipinski definition) is 2. The number of barbiturate groups is 1. The zero-order chi connectivity index (χ0) is 49.8. The van der Waals surface area contributed by atoms with Gasteiger partial charge < -0.3 is 20.0 Å². The quantitative estimate of drug-likeness (QED) is 0.0909. The number of carbonyl (C=O) groups excluding carboxylic acids is 3. The average molecular weight is 956 g/mol. The van der Waals surface area contributed by atoms with Crippen LogP contribution in [0.2, 0.25) is 0 Å². The number of urea groups is 1. The van der Waals surface area contributed by atoms with Gasteiger partial charge in [0, 0.05) is 64.3 Å². The van der Waals surface area contributed by atoms with Gasteiger partial charge in [0.25, 0.3) is 5.91 Å². The van der Waals surface area contributed by atoms with Crippen molar-refractivity contribution in [1.82, 2.24) is 9.80 Å². The molecule has 0 radical (unpaired) electrons. The SMILES string of the molecule is CC1(C)C(=C/C=C2\CCC/C(=C\C=C3/N(CCC(=O)O)c4ccc5ccccc5c4C3(C)C)C2=C2C(=O)N(C3CCCCC3)C(=O)N(C3CCCCC3)C2=[OH+])N(CCC(=O)O)c2ccc3ccccc3c21. The number of amides is 4. The summed E-state index contributed by atoms with van der Waals surface area (Å²) in [5.41, 5.74) is 7.42. The molecule has 4 amide bonds. The fraction of sp³-hybridized carbons (Fsp3) is 0.417. The summed E-state index contributed by atoms with van der Waals surface area (Å²) in [5.74, 6) is -2.52. The largest absolute Gasteiger partial charge is 0.481 e. The molecule has 11 heteroatoms. The predicted octanol–water partition coefficient (Wildman–Crippen LogP) is 12.4. The van der Waals surface area contributed by atoms with Gasteiger partial charge in [-0.15, -0.1) is 0 Å². The minimum Gasteiger partial charge on any atom is -0.481 e. The highest BCUT2D eigenvalue weighted by atomic mass is 16.4. The first kappa shape index (κ1) is 47.9. The van der Waals surface area contributed by atoms with E-state index in [0.717, 1.165) is 137 Å². The van der Waals surface area contributed by atoms with Crippen LogP contribution < -0.4 is 9.80 Å². The van der Waals surface area contributed by atoms with Gasteiger partial charge in [0.1, 0.15) is 0 Å². The van der Waals surface area contributed by atoms with Crippen molar-refractivity contribution in [2.75, 3.05) is 22.9 Å². The molecular formula is C60H67N4O7+. The summed E-state index contributed by atoms with van der Waals surface area (Å²) < 4.78 is 0. The monoisotopic (exact) mass is 956 g/mol. The molecule has 71 heavy (non-hydrogen) atoms. The zero-order valence-corrected chi connectivity index (χ0v) is 41.7. The van der Waals surface area contributed by atoms with Gasteiger partial charge in [0.2, 0.25) is 0 Å². The number of carboxylic acids is 2. The Morgan fingerprint density at radius 2 is 1.01 bits per heavy atom. The van der Waals surface area contributed by atoms with Crippen molar-refractivity contribution >= 4 is 62.7 Å². The predicted molar refractivity (Wildman–Crippen MR) is 281 cm³/mol. The molecule has 0 spiro atoms. The average Bonchev–Trinajstić information content (AvgIpc) is 3.72. The second kappa shape index (κ2) is 19.1. The van der Waals surface area contributed by atoms with E-state index in [9.17, 15) is 29.4 Å². The number of carboxylic acid groups (broad SMARTS) is 2. The molecule has 3 aliphatic carbocycles. The van der Waals surface area contributed by atoms with Crippen molar-refractivity contribution in [1.29, 1.82) is 0 Å². The number of fused-ring (bicyclic) bond motifs is 6. The Labute approximate surface area is 416 Å². The molecule has 4 aromatic carbocycles. The van der Waals surface area contributed by atoms with Crippen molar-refractivity contribution in [3.05, 3.63) is 142 Å². The second-order valence-electron chi connectivity index (χ2n) is 21.5. The Morgan fingerprint density at radius 1 is 0.577 bits per heavy atom. The van der Waals surface area contributed by atoms with E-state index in [0.29, 0.717) is 18.4 Å². The standard InChI is InChI=1S/C60H66N4O7/c1-59(2)48(61(36-34-50(65)66)46-30-26-38-16-11-13-24-44(38)54(46)59)32-28-40-18-15-19-41(29-33-49-60(3,4)55-45-25-14-12-17-39(45)27-31-47(55)62(49)37-35-51(67)68)52(40)53-56(69)63(42-20-7-5-8-21-42)58(71)64(57(53)70)43-22-9-6-10-23-43/h11-14,16-17,24-33,42-43H,5-10,15,18-23,34-37H2,1-4H3,(H,65,66)(H,67,68)/p+1/b40-28+,41-29+,48-32-,49-33?. The van der Waals surface area contributed by atoms with Crippen LogP contribution in [0.15, 0.2) is 131 Å². The lowest BCUT2D eigenvalue weighted by molar-refractivity contribution is -0.137. The molecule has 0 bridgehead atoms. The highest BCUT2D eigenvalue weighted by Gasteiger charge is 2.53. The number of benzene rings is 4. The first-order valence-corrected chi connectivity index (χ1v) is 26.0. The van der Waals surface area contributed by atoms with Crippen molar-refractivity contribution in [2.24, 2.45) is 0 Å². The third-order valence-corrected chi connectivity index (χ3v) is 16.5. The van der Waals surface area contributed by atoms with Crippen LogP contribution >= 0.6 is 0 Å². The lowest BCUT2D eigenvalue weighted by Gasteiger charge is -2.42. The van der Waals surface area contributed by atoms with E-state index in [4.69, 9.17) is 0 Å². The van der Waals surface area contributed by atoms with Crippen LogP contribution in [0.1, 0.15) is 135 Å². The molecule has 3 aliphatic heterocycles. The van der Waals surface area contributed by atoms with Gasteiger partial charge >= 0.3 is 23.9 Å². The Morgan fingerprint density at radius 3 is 1.46 bits per heavy atom. The lowest BCUT2D eigenvalue weighted by atomic mass is 9.78. The maximum Gasteiger partial charge on any atom is 0.439 e. The minimum atomic E-state index is -0.886. The first-order valence-electron chi connectivity index (χ1n) is 26.0. The molecule has 1 saturated heterocycles. The van der Waals surface area contributed by atoms with Crippen molar-refractivity contribution in [3.8, 4) is 0 Å². The van der Waals surface area contributed by atoms with Crippen LogP contribution in [0.3, 0.4) is 0 Å². The number of carbonyl (C=O) groups is 4. The van der Waals surface area contributed by atoms with E-state index >= 15 is 4.79 Å². The van der Waals surface area contributed by atoms with Crippen molar-refractivity contribution < 1.29 is 34.2 Å². The highest BCUT2D eigenvalue weighted by molar-refractivity contribution is 6.30. The molecule has 6 aliphatic rings. The third-order valence-electron chi connectivity index (χ3n) is 16.5. The normalized spacial score (nSPS) is 24.1. The van der Waals surface area contributed by atoms with E-state index in [2.05, 4.69) is 110 Å². The topological polar surface area (TPSA) is 143 Å². The molecule has 11 nitrogen and oxygen atoms in total. The molecule has 4 aromatic rings. The fourth-order valence-corrected chi connectivity index (χ4v) is 13.1.